The number of pyridine rings is 1. The molecule has 0 unspecified atom stereocenters. The molecule has 0 fully saturated rings. The van der Waals surface area contributed by atoms with Gasteiger partial charge in [-0.15, -0.1) is 5.10 Å². The smallest absolute Gasteiger partial charge is 0.157 e. The largest absolute Gasteiger partial charge is 0.396 e. The predicted octanol–water partition coefficient (Wildman–Crippen LogP) is -0.408. The quantitative estimate of drug-likeness (QED) is 0.713. The minimum Gasteiger partial charge on any atom is -0.396 e. The average molecular weight is 191 g/mol. The van der Waals surface area contributed by atoms with Gasteiger partial charge in [0.2, 0.25) is 0 Å². The second-order valence-corrected chi connectivity index (χ2v) is 2.72. The average Bonchev–Trinajstić information content (AvgIpc) is 2.71. The minimum absolute atomic E-state index is 0.0893. The molecule has 0 saturated heterocycles. The van der Waals surface area contributed by atoms with Crippen molar-refractivity contribution in [3.05, 3.63) is 30.2 Å². The molecule has 2 aromatic rings. The number of hydrogen-bond acceptors (Lipinski definition) is 5. The third-order valence-electron chi connectivity index (χ3n) is 1.74. The van der Waals surface area contributed by atoms with E-state index in [0.717, 1.165) is 5.69 Å². The number of tetrazole rings is 1. The second kappa shape index (κ2) is 3.93. The van der Waals surface area contributed by atoms with Gasteiger partial charge in [-0.3, -0.25) is 0 Å². The van der Waals surface area contributed by atoms with Gasteiger partial charge in [-0.1, -0.05) is 6.07 Å². The molecule has 0 bridgehead atoms. The van der Waals surface area contributed by atoms with Crippen LogP contribution in [0.15, 0.2) is 24.5 Å². The standard InChI is InChI=1S/C8H9N5O/c14-5-4-7-2-1-3-8(10-7)13-6-9-11-12-13/h1-3,6,14H,4-5H2. The lowest BCUT2D eigenvalue weighted by Crippen LogP contribution is -2.02. The predicted molar refractivity (Wildman–Crippen MR) is 47.7 cm³/mol. The SMILES string of the molecule is OCCc1cccc(-n2cnnn2)n1. The van der Waals surface area contributed by atoms with Gasteiger partial charge in [-0.2, -0.15) is 4.68 Å². The van der Waals surface area contributed by atoms with Crippen LogP contribution in [0.25, 0.3) is 5.82 Å². The molecular weight excluding hydrogens is 182 g/mol. The van der Waals surface area contributed by atoms with Crippen LogP contribution in [-0.4, -0.2) is 36.9 Å². The number of aliphatic hydroxyl groups excluding tert-OH is 1. The highest BCUT2D eigenvalue weighted by atomic mass is 16.3. The first-order valence-electron chi connectivity index (χ1n) is 4.20. The molecule has 6 nitrogen and oxygen atoms in total. The summed E-state index contributed by atoms with van der Waals surface area (Å²) in [5.74, 6) is 0.654. The molecule has 0 atom stereocenters. The summed E-state index contributed by atoms with van der Waals surface area (Å²) >= 11 is 0. The van der Waals surface area contributed by atoms with Crippen LogP contribution in [0.3, 0.4) is 0 Å². The summed E-state index contributed by atoms with van der Waals surface area (Å²) in [5.41, 5.74) is 0.820. The summed E-state index contributed by atoms with van der Waals surface area (Å²) < 4.78 is 1.47. The zero-order chi connectivity index (χ0) is 9.80. The molecule has 14 heavy (non-hydrogen) atoms. The van der Waals surface area contributed by atoms with E-state index in [0.29, 0.717) is 12.2 Å². The number of aromatic nitrogens is 5. The number of hydrogen-bond donors (Lipinski definition) is 1. The molecule has 0 aliphatic rings. The van der Waals surface area contributed by atoms with Crippen LogP contribution in [0.4, 0.5) is 0 Å². The lowest BCUT2D eigenvalue weighted by Gasteiger charge is -2.00. The molecule has 72 valence electrons. The van der Waals surface area contributed by atoms with Crippen molar-refractivity contribution in [2.75, 3.05) is 6.61 Å². The molecule has 0 radical (unpaired) electrons. The Hall–Kier alpha value is -1.82. The summed E-state index contributed by atoms with van der Waals surface area (Å²) in [6.07, 6.45) is 2.01. The van der Waals surface area contributed by atoms with Gasteiger partial charge >= 0.3 is 0 Å². The van der Waals surface area contributed by atoms with Crippen LogP contribution in [0, 0.1) is 0 Å². The number of nitrogens with zero attached hydrogens (tertiary/aromatic N) is 5. The van der Waals surface area contributed by atoms with Gasteiger partial charge in [-0.25, -0.2) is 4.98 Å². The van der Waals surface area contributed by atoms with Crippen LogP contribution in [0.1, 0.15) is 5.69 Å². The summed E-state index contributed by atoms with van der Waals surface area (Å²) in [4.78, 5) is 4.27. The fourth-order valence-electron chi connectivity index (χ4n) is 1.11. The number of aliphatic hydroxyl groups is 1. The maximum Gasteiger partial charge on any atom is 0.157 e. The Morgan fingerprint density at radius 1 is 1.36 bits per heavy atom. The lowest BCUT2D eigenvalue weighted by atomic mass is 10.3. The van der Waals surface area contributed by atoms with E-state index in [1.807, 2.05) is 12.1 Å². The highest BCUT2D eigenvalue weighted by Crippen LogP contribution is 2.03. The van der Waals surface area contributed by atoms with Crippen molar-refractivity contribution in [3.63, 3.8) is 0 Å². The van der Waals surface area contributed by atoms with E-state index in [9.17, 15) is 0 Å². The Balaban J connectivity index is 2.31. The topological polar surface area (TPSA) is 76.7 Å². The molecule has 0 aliphatic carbocycles. The molecule has 0 spiro atoms. The molecule has 2 rings (SSSR count). The van der Waals surface area contributed by atoms with Gasteiger partial charge in [0.1, 0.15) is 6.33 Å². The Kier molecular flexibility index (Phi) is 2.46. The first-order valence-corrected chi connectivity index (χ1v) is 4.20. The maximum atomic E-state index is 8.75. The molecule has 2 aromatic heterocycles. The van der Waals surface area contributed by atoms with Crippen molar-refractivity contribution in [2.45, 2.75) is 6.42 Å². The summed E-state index contributed by atoms with van der Waals surface area (Å²) in [6, 6.07) is 5.51. The van der Waals surface area contributed by atoms with E-state index in [4.69, 9.17) is 5.11 Å². The summed E-state index contributed by atoms with van der Waals surface area (Å²) in [7, 11) is 0. The van der Waals surface area contributed by atoms with Gasteiger partial charge in [-0.05, 0) is 22.6 Å². The van der Waals surface area contributed by atoms with Crippen molar-refractivity contribution in [1.29, 1.82) is 0 Å². The Bertz CT molecular complexity index is 400. The molecule has 0 saturated carbocycles. The van der Waals surface area contributed by atoms with Crippen molar-refractivity contribution in [3.8, 4) is 5.82 Å². The van der Waals surface area contributed by atoms with Crippen LogP contribution in [-0.2, 0) is 6.42 Å². The third-order valence-corrected chi connectivity index (χ3v) is 1.74. The Labute approximate surface area is 80.2 Å². The normalized spacial score (nSPS) is 10.4. The monoisotopic (exact) mass is 191 g/mol. The van der Waals surface area contributed by atoms with E-state index in [1.54, 1.807) is 6.07 Å². The van der Waals surface area contributed by atoms with Crippen LogP contribution >= 0.6 is 0 Å². The minimum atomic E-state index is 0.0893. The first kappa shape index (κ1) is 8.76. The van der Waals surface area contributed by atoms with Crippen molar-refractivity contribution in [1.82, 2.24) is 25.2 Å². The van der Waals surface area contributed by atoms with Gasteiger partial charge in [0.15, 0.2) is 5.82 Å². The highest BCUT2D eigenvalue weighted by molar-refractivity contribution is 5.22. The molecule has 0 aliphatic heterocycles. The summed E-state index contributed by atoms with van der Waals surface area (Å²) in [5, 5.41) is 19.5. The van der Waals surface area contributed by atoms with Crippen molar-refractivity contribution in [2.24, 2.45) is 0 Å². The van der Waals surface area contributed by atoms with E-state index in [-0.39, 0.29) is 6.61 Å². The van der Waals surface area contributed by atoms with E-state index >= 15 is 0 Å². The summed E-state index contributed by atoms with van der Waals surface area (Å²) in [6.45, 7) is 0.0893. The third kappa shape index (κ3) is 1.74. The van der Waals surface area contributed by atoms with Gasteiger partial charge in [0.25, 0.3) is 0 Å². The van der Waals surface area contributed by atoms with Crippen LogP contribution in [0.5, 0.6) is 0 Å². The lowest BCUT2D eigenvalue weighted by molar-refractivity contribution is 0.298. The number of rotatable bonds is 3. The molecule has 0 aromatic carbocycles. The first-order chi connectivity index (χ1) is 6.90. The molecule has 6 heteroatoms. The van der Waals surface area contributed by atoms with Gasteiger partial charge in [0, 0.05) is 18.7 Å². The van der Waals surface area contributed by atoms with Crippen LogP contribution < -0.4 is 0 Å². The fraction of sp³-hybridized carbons (Fsp3) is 0.250. The van der Waals surface area contributed by atoms with Crippen LogP contribution in [0.2, 0.25) is 0 Å². The van der Waals surface area contributed by atoms with Gasteiger partial charge in [0.05, 0.1) is 0 Å². The Morgan fingerprint density at radius 3 is 3.00 bits per heavy atom. The maximum absolute atomic E-state index is 8.75. The Morgan fingerprint density at radius 2 is 2.29 bits per heavy atom. The van der Waals surface area contributed by atoms with E-state index < -0.39 is 0 Å². The molecule has 2 heterocycles. The van der Waals surface area contributed by atoms with Crippen molar-refractivity contribution < 1.29 is 5.11 Å². The molecule has 1 N–H and O–H groups in total. The van der Waals surface area contributed by atoms with Gasteiger partial charge < -0.3 is 5.11 Å². The fourth-order valence-corrected chi connectivity index (χ4v) is 1.11. The highest BCUT2D eigenvalue weighted by Gasteiger charge is 2.00. The molecule has 0 amide bonds. The zero-order valence-corrected chi connectivity index (χ0v) is 7.41. The second-order valence-electron chi connectivity index (χ2n) is 2.72. The van der Waals surface area contributed by atoms with E-state index in [1.165, 1.54) is 11.0 Å². The van der Waals surface area contributed by atoms with Crippen molar-refractivity contribution >= 4 is 0 Å². The zero-order valence-electron chi connectivity index (χ0n) is 7.41. The van der Waals surface area contributed by atoms with E-state index in [2.05, 4.69) is 20.5 Å². The molecular formula is C8H9N5O.